The van der Waals surface area contributed by atoms with Gasteiger partial charge in [0.15, 0.2) is 0 Å². The van der Waals surface area contributed by atoms with Gasteiger partial charge in [-0.05, 0) is 48.6 Å². The molecule has 1 aromatic heterocycles. The molecule has 1 aromatic carbocycles. The van der Waals surface area contributed by atoms with Crippen LogP contribution < -0.4 is 5.32 Å². The summed E-state index contributed by atoms with van der Waals surface area (Å²) in [5.41, 5.74) is 3.51. The van der Waals surface area contributed by atoms with Gasteiger partial charge in [-0.1, -0.05) is 18.2 Å². The number of aromatic amines is 1. The van der Waals surface area contributed by atoms with Gasteiger partial charge in [-0.3, -0.25) is 0 Å². The highest BCUT2D eigenvalue weighted by molar-refractivity contribution is 5.83. The van der Waals surface area contributed by atoms with Crippen molar-refractivity contribution in [1.82, 2.24) is 10.3 Å². The number of rotatable bonds is 1. The van der Waals surface area contributed by atoms with E-state index in [9.17, 15) is 0 Å². The summed E-state index contributed by atoms with van der Waals surface area (Å²) < 4.78 is 0. The van der Waals surface area contributed by atoms with Gasteiger partial charge in [-0.2, -0.15) is 0 Å². The van der Waals surface area contributed by atoms with Crippen molar-refractivity contribution in [1.29, 1.82) is 0 Å². The number of hydrogen-bond acceptors (Lipinski definition) is 1. The Morgan fingerprint density at radius 2 is 1.83 bits per heavy atom. The predicted molar refractivity (Wildman–Crippen MR) is 74.8 cm³/mol. The fraction of sp³-hybridized carbons (Fsp3) is 0.500. The van der Waals surface area contributed by atoms with E-state index in [2.05, 4.69) is 40.8 Å². The Hall–Kier alpha value is -1.28. The zero-order valence-electron chi connectivity index (χ0n) is 10.7. The van der Waals surface area contributed by atoms with Gasteiger partial charge in [0, 0.05) is 30.2 Å². The molecule has 2 nitrogen and oxygen atoms in total. The van der Waals surface area contributed by atoms with Crippen LogP contribution in [0.25, 0.3) is 10.9 Å². The average Bonchev–Trinajstić information content (AvgIpc) is 2.81. The number of nitrogens with one attached hydrogen (secondary N) is 2. The maximum absolute atomic E-state index is 3.44. The van der Waals surface area contributed by atoms with E-state index < -0.39 is 0 Å². The molecule has 2 fully saturated rings. The van der Waals surface area contributed by atoms with Gasteiger partial charge in [-0.15, -0.1) is 0 Å². The lowest BCUT2D eigenvalue weighted by Gasteiger charge is -2.47. The third kappa shape index (κ3) is 1.52. The van der Waals surface area contributed by atoms with Crippen molar-refractivity contribution in [2.75, 3.05) is 13.1 Å². The van der Waals surface area contributed by atoms with E-state index in [0.29, 0.717) is 5.41 Å². The highest BCUT2D eigenvalue weighted by atomic mass is 15.0. The molecule has 0 amide bonds. The quantitative estimate of drug-likeness (QED) is 0.785. The molecule has 1 aliphatic carbocycles. The zero-order valence-corrected chi connectivity index (χ0v) is 10.7. The average molecular weight is 240 g/mol. The fourth-order valence-corrected chi connectivity index (χ4v) is 3.81. The van der Waals surface area contributed by atoms with Crippen molar-refractivity contribution >= 4 is 10.9 Å². The van der Waals surface area contributed by atoms with Crippen LogP contribution in [0.1, 0.15) is 37.2 Å². The van der Waals surface area contributed by atoms with Gasteiger partial charge in [0.2, 0.25) is 0 Å². The largest absolute Gasteiger partial charge is 0.361 e. The minimum absolute atomic E-state index is 0.669. The van der Waals surface area contributed by atoms with Crippen molar-refractivity contribution in [2.24, 2.45) is 5.41 Å². The lowest BCUT2D eigenvalue weighted by Crippen LogP contribution is -2.54. The van der Waals surface area contributed by atoms with Gasteiger partial charge < -0.3 is 10.3 Å². The molecule has 2 N–H and O–H groups in total. The second-order valence-electron chi connectivity index (χ2n) is 6.17. The zero-order chi connectivity index (χ0) is 12.0. The first-order valence-corrected chi connectivity index (χ1v) is 7.13. The maximum atomic E-state index is 3.44. The van der Waals surface area contributed by atoms with E-state index in [-0.39, 0.29) is 0 Å². The lowest BCUT2D eigenvalue weighted by atomic mass is 9.66. The summed E-state index contributed by atoms with van der Waals surface area (Å²) in [4.78, 5) is 3.42. The van der Waals surface area contributed by atoms with Crippen molar-refractivity contribution in [3.63, 3.8) is 0 Å². The monoisotopic (exact) mass is 240 g/mol. The Balaban J connectivity index is 1.60. The molecule has 0 bridgehead atoms. The maximum Gasteiger partial charge on any atom is 0.0456 e. The Morgan fingerprint density at radius 1 is 1.06 bits per heavy atom. The van der Waals surface area contributed by atoms with Crippen LogP contribution >= 0.6 is 0 Å². The molecule has 1 saturated carbocycles. The van der Waals surface area contributed by atoms with Gasteiger partial charge in [0.05, 0.1) is 0 Å². The summed E-state index contributed by atoms with van der Waals surface area (Å²) in [5.74, 6) is 0.771. The highest BCUT2D eigenvalue weighted by Crippen LogP contribution is 2.46. The van der Waals surface area contributed by atoms with E-state index in [1.165, 1.54) is 49.7 Å². The molecular weight excluding hydrogens is 220 g/mol. The first-order chi connectivity index (χ1) is 8.86. The van der Waals surface area contributed by atoms with Gasteiger partial charge >= 0.3 is 0 Å². The summed E-state index contributed by atoms with van der Waals surface area (Å²) in [5, 5.41) is 4.88. The normalized spacial score (nSPS) is 23.3. The van der Waals surface area contributed by atoms with Crippen molar-refractivity contribution in [3.8, 4) is 0 Å². The molecule has 2 aliphatic rings. The topological polar surface area (TPSA) is 27.8 Å². The van der Waals surface area contributed by atoms with Gasteiger partial charge in [0.25, 0.3) is 0 Å². The van der Waals surface area contributed by atoms with Crippen LogP contribution in [0.5, 0.6) is 0 Å². The number of aromatic nitrogens is 1. The Labute approximate surface area is 108 Å². The molecule has 1 aliphatic heterocycles. The van der Waals surface area contributed by atoms with Crippen molar-refractivity contribution in [3.05, 3.63) is 36.0 Å². The second kappa shape index (κ2) is 3.86. The van der Waals surface area contributed by atoms with E-state index in [4.69, 9.17) is 0 Å². The molecule has 18 heavy (non-hydrogen) atoms. The number of benzene rings is 1. The molecule has 1 spiro atoms. The molecule has 2 heteroatoms. The van der Waals surface area contributed by atoms with Crippen molar-refractivity contribution < 1.29 is 0 Å². The van der Waals surface area contributed by atoms with E-state index >= 15 is 0 Å². The fourth-order valence-electron chi connectivity index (χ4n) is 3.81. The molecule has 0 atom stereocenters. The van der Waals surface area contributed by atoms with Crippen molar-refractivity contribution in [2.45, 2.75) is 31.6 Å². The van der Waals surface area contributed by atoms with E-state index in [0.717, 1.165) is 5.92 Å². The highest BCUT2D eigenvalue weighted by Gasteiger charge is 2.40. The standard InChI is InChI=1S/C16H20N2/c1-2-4-15-13(3-1)14(9-18-15)12-5-7-16(8-6-12)10-17-11-16/h1-4,9,12,17-18H,5-8,10-11H2. The SMILES string of the molecule is c1ccc2c(C3CCC4(CC3)CNC4)c[nH]c2c1. The van der Waals surface area contributed by atoms with Crippen LogP contribution in [0.15, 0.2) is 30.5 Å². The first-order valence-electron chi connectivity index (χ1n) is 7.13. The van der Waals surface area contributed by atoms with E-state index in [1.54, 1.807) is 5.56 Å². The van der Waals surface area contributed by atoms with Crippen LogP contribution in [-0.2, 0) is 0 Å². The van der Waals surface area contributed by atoms with Crippen LogP contribution in [0.3, 0.4) is 0 Å². The first kappa shape index (κ1) is 10.6. The predicted octanol–water partition coefficient (Wildman–Crippen LogP) is 3.42. The molecule has 2 aromatic rings. The number of fused-ring (bicyclic) bond motifs is 1. The summed E-state index contributed by atoms with van der Waals surface area (Å²) in [6.45, 7) is 2.52. The minimum atomic E-state index is 0.669. The van der Waals surface area contributed by atoms with Crippen LogP contribution in [-0.4, -0.2) is 18.1 Å². The number of hydrogen-bond donors (Lipinski definition) is 2. The molecule has 4 rings (SSSR count). The van der Waals surface area contributed by atoms with Crippen LogP contribution in [0, 0.1) is 5.41 Å². The summed E-state index contributed by atoms with van der Waals surface area (Å²) in [6.07, 6.45) is 7.79. The third-order valence-corrected chi connectivity index (χ3v) is 5.11. The lowest BCUT2D eigenvalue weighted by molar-refractivity contribution is 0.0977. The van der Waals surface area contributed by atoms with Gasteiger partial charge in [0.1, 0.15) is 0 Å². The summed E-state index contributed by atoms with van der Waals surface area (Å²) >= 11 is 0. The molecule has 0 radical (unpaired) electrons. The van der Waals surface area contributed by atoms with Crippen LogP contribution in [0.2, 0.25) is 0 Å². The van der Waals surface area contributed by atoms with Crippen LogP contribution in [0.4, 0.5) is 0 Å². The number of H-pyrrole nitrogens is 1. The number of para-hydroxylation sites is 1. The Bertz CT molecular complexity index is 555. The van der Waals surface area contributed by atoms with E-state index in [1.807, 2.05) is 0 Å². The Kier molecular flexibility index (Phi) is 2.28. The molecular formula is C16H20N2. The minimum Gasteiger partial charge on any atom is -0.361 e. The third-order valence-electron chi connectivity index (χ3n) is 5.11. The molecule has 94 valence electrons. The summed E-state index contributed by atoms with van der Waals surface area (Å²) in [7, 11) is 0. The molecule has 0 unspecified atom stereocenters. The molecule has 1 saturated heterocycles. The Morgan fingerprint density at radius 3 is 2.56 bits per heavy atom. The van der Waals surface area contributed by atoms with Gasteiger partial charge in [-0.25, -0.2) is 0 Å². The summed E-state index contributed by atoms with van der Waals surface area (Å²) in [6, 6.07) is 8.70. The smallest absolute Gasteiger partial charge is 0.0456 e. The molecule has 2 heterocycles. The second-order valence-corrected chi connectivity index (χ2v) is 6.17.